The Kier molecular flexibility index (Phi) is 2.65. The average Bonchev–Trinajstić information content (AvgIpc) is 2.78. The number of benzene rings is 1. The number of aromatic nitrogens is 4. The number of nitrogens with zero attached hydrogens (tertiary/aromatic N) is 4. The van der Waals surface area contributed by atoms with Crippen molar-refractivity contribution < 1.29 is 4.39 Å². The molecule has 0 amide bonds. The highest BCUT2D eigenvalue weighted by molar-refractivity contribution is 6.31. The Bertz CT molecular complexity index is 741. The van der Waals surface area contributed by atoms with E-state index < -0.39 is 5.82 Å². The summed E-state index contributed by atoms with van der Waals surface area (Å²) in [6.07, 6.45) is 2.93. The molecule has 4 nitrogen and oxygen atoms in total. The average molecular weight is 283 g/mol. The van der Waals surface area contributed by atoms with Crippen LogP contribution in [0.1, 0.15) is 0 Å². The van der Waals surface area contributed by atoms with Gasteiger partial charge in [0.15, 0.2) is 17.3 Å². The first-order valence-electron chi connectivity index (χ1n) is 4.97. The highest BCUT2D eigenvalue weighted by Crippen LogP contribution is 2.27. The smallest absolute Gasteiger partial charge is 0.180 e. The third-order valence-corrected chi connectivity index (χ3v) is 3.02. The molecule has 0 radical (unpaired) electrons. The lowest BCUT2D eigenvalue weighted by molar-refractivity contribution is 0.630. The molecule has 1 aromatic carbocycles. The number of hydrogen-bond donors (Lipinski definition) is 0. The van der Waals surface area contributed by atoms with Crippen LogP contribution in [0.2, 0.25) is 10.2 Å². The predicted molar refractivity (Wildman–Crippen MR) is 66.2 cm³/mol. The van der Waals surface area contributed by atoms with Gasteiger partial charge in [-0.1, -0.05) is 29.3 Å². The fourth-order valence-electron chi connectivity index (χ4n) is 1.66. The summed E-state index contributed by atoms with van der Waals surface area (Å²) in [5, 5.41) is 8.12. The van der Waals surface area contributed by atoms with Crippen molar-refractivity contribution in [1.82, 2.24) is 19.6 Å². The van der Waals surface area contributed by atoms with Crippen molar-refractivity contribution in [1.29, 1.82) is 0 Å². The van der Waals surface area contributed by atoms with Crippen molar-refractivity contribution in [3.63, 3.8) is 0 Å². The summed E-state index contributed by atoms with van der Waals surface area (Å²) >= 11 is 11.8. The molecule has 0 spiro atoms. The molecular formula is C11H5Cl2FN4. The predicted octanol–water partition coefficient (Wildman–Crippen LogP) is 3.24. The van der Waals surface area contributed by atoms with Gasteiger partial charge in [0.2, 0.25) is 0 Å². The third-order valence-electron chi connectivity index (χ3n) is 2.47. The quantitative estimate of drug-likeness (QED) is 0.688. The molecule has 0 bridgehead atoms. The fourth-order valence-corrected chi connectivity index (χ4v) is 2.06. The second kappa shape index (κ2) is 4.19. The Morgan fingerprint density at radius 3 is 2.78 bits per heavy atom. The standard InChI is InChI=1S/C11H5Cl2FN4/c12-7-3-1-2-6(10(7)14)11-17-16-9-5-15-4-8(13)18(9)11/h1-5H. The van der Waals surface area contributed by atoms with Gasteiger partial charge in [0.05, 0.1) is 23.0 Å². The van der Waals surface area contributed by atoms with Gasteiger partial charge in [0, 0.05) is 0 Å². The van der Waals surface area contributed by atoms with Gasteiger partial charge in [-0.3, -0.25) is 9.38 Å². The minimum Gasteiger partial charge on any atom is -0.262 e. The molecule has 0 saturated heterocycles. The summed E-state index contributed by atoms with van der Waals surface area (Å²) in [7, 11) is 0. The topological polar surface area (TPSA) is 43.1 Å². The van der Waals surface area contributed by atoms with Gasteiger partial charge in [0.1, 0.15) is 5.15 Å². The summed E-state index contributed by atoms with van der Waals surface area (Å²) in [6.45, 7) is 0. The van der Waals surface area contributed by atoms with Crippen LogP contribution >= 0.6 is 23.2 Å². The van der Waals surface area contributed by atoms with Crippen LogP contribution in [0.4, 0.5) is 4.39 Å². The van der Waals surface area contributed by atoms with Crippen molar-refractivity contribution in [3.8, 4) is 11.4 Å². The number of halogens is 3. The highest BCUT2D eigenvalue weighted by atomic mass is 35.5. The van der Waals surface area contributed by atoms with E-state index in [2.05, 4.69) is 15.2 Å². The first-order valence-corrected chi connectivity index (χ1v) is 5.73. The molecule has 3 aromatic rings. The zero-order valence-electron chi connectivity index (χ0n) is 8.81. The fraction of sp³-hybridized carbons (Fsp3) is 0. The van der Waals surface area contributed by atoms with Crippen LogP contribution in [-0.2, 0) is 0 Å². The maximum Gasteiger partial charge on any atom is 0.180 e. The third kappa shape index (κ3) is 1.63. The molecule has 90 valence electrons. The van der Waals surface area contributed by atoms with Crippen molar-refractivity contribution in [2.75, 3.05) is 0 Å². The van der Waals surface area contributed by atoms with E-state index in [0.29, 0.717) is 10.8 Å². The molecular weight excluding hydrogens is 278 g/mol. The summed E-state index contributed by atoms with van der Waals surface area (Å²) in [4.78, 5) is 3.88. The Balaban J connectivity index is 2.36. The zero-order chi connectivity index (χ0) is 12.7. The molecule has 0 aliphatic rings. The lowest BCUT2D eigenvalue weighted by Crippen LogP contribution is -1.94. The summed E-state index contributed by atoms with van der Waals surface area (Å²) in [5.74, 6) is -0.265. The number of hydrogen-bond acceptors (Lipinski definition) is 3. The molecule has 0 fully saturated rings. The first-order chi connectivity index (χ1) is 8.68. The van der Waals surface area contributed by atoms with E-state index in [4.69, 9.17) is 23.2 Å². The Hall–Kier alpha value is -1.72. The first kappa shape index (κ1) is 11.4. The Morgan fingerprint density at radius 1 is 1.11 bits per heavy atom. The van der Waals surface area contributed by atoms with Gasteiger partial charge in [-0.15, -0.1) is 10.2 Å². The minimum absolute atomic E-state index is 0.0226. The van der Waals surface area contributed by atoms with Crippen LogP contribution in [0.3, 0.4) is 0 Å². The van der Waals surface area contributed by atoms with Crippen molar-refractivity contribution in [2.45, 2.75) is 0 Å². The molecule has 0 unspecified atom stereocenters. The van der Waals surface area contributed by atoms with Gasteiger partial charge in [-0.25, -0.2) is 4.39 Å². The van der Waals surface area contributed by atoms with Crippen LogP contribution in [0.5, 0.6) is 0 Å². The number of rotatable bonds is 1. The molecule has 0 N–H and O–H groups in total. The molecule has 0 saturated carbocycles. The second-order valence-electron chi connectivity index (χ2n) is 3.55. The molecule has 0 aliphatic carbocycles. The lowest BCUT2D eigenvalue weighted by Gasteiger charge is -2.03. The van der Waals surface area contributed by atoms with Crippen LogP contribution in [0, 0.1) is 5.82 Å². The largest absolute Gasteiger partial charge is 0.262 e. The lowest BCUT2D eigenvalue weighted by atomic mass is 10.2. The van der Waals surface area contributed by atoms with E-state index in [1.165, 1.54) is 22.9 Å². The molecule has 7 heteroatoms. The summed E-state index contributed by atoms with van der Waals surface area (Å²) in [6, 6.07) is 4.66. The van der Waals surface area contributed by atoms with E-state index in [1.807, 2.05) is 0 Å². The Morgan fingerprint density at radius 2 is 1.94 bits per heavy atom. The van der Waals surface area contributed by atoms with Gasteiger partial charge < -0.3 is 0 Å². The van der Waals surface area contributed by atoms with E-state index in [1.54, 1.807) is 12.1 Å². The molecule has 2 heterocycles. The highest BCUT2D eigenvalue weighted by Gasteiger charge is 2.16. The number of fused-ring (bicyclic) bond motifs is 1. The van der Waals surface area contributed by atoms with Gasteiger partial charge >= 0.3 is 0 Å². The molecule has 0 aliphatic heterocycles. The van der Waals surface area contributed by atoms with E-state index in [0.717, 1.165) is 0 Å². The Labute approximate surface area is 111 Å². The molecule has 3 rings (SSSR count). The van der Waals surface area contributed by atoms with Crippen molar-refractivity contribution in [2.24, 2.45) is 0 Å². The van der Waals surface area contributed by atoms with Crippen LogP contribution < -0.4 is 0 Å². The monoisotopic (exact) mass is 282 g/mol. The summed E-state index contributed by atoms with van der Waals surface area (Å²) < 4.78 is 15.5. The van der Waals surface area contributed by atoms with E-state index >= 15 is 0 Å². The minimum atomic E-state index is -0.554. The van der Waals surface area contributed by atoms with Crippen LogP contribution in [0.25, 0.3) is 17.0 Å². The van der Waals surface area contributed by atoms with Gasteiger partial charge in [0.25, 0.3) is 0 Å². The van der Waals surface area contributed by atoms with E-state index in [-0.39, 0.29) is 16.4 Å². The molecule has 2 aromatic heterocycles. The van der Waals surface area contributed by atoms with Crippen LogP contribution in [0.15, 0.2) is 30.6 Å². The van der Waals surface area contributed by atoms with Gasteiger partial charge in [-0.2, -0.15) is 0 Å². The molecule has 18 heavy (non-hydrogen) atoms. The van der Waals surface area contributed by atoms with Gasteiger partial charge in [-0.05, 0) is 12.1 Å². The zero-order valence-corrected chi connectivity index (χ0v) is 10.3. The molecule has 0 atom stereocenters. The van der Waals surface area contributed by atoms with Crippen LogP contribution in [-0.4, -0.2) is 19.6 Å². The summed E-state index contributed by atoms with van der Waals surface area (Å²) in [5.41, 5.74) is 0.681. The van der Waals surface area contributed by atoms with E-state index in [9.17, 15) is 4.39 Å². The second-order valence-corrected chi connectivity index (χ2v) is 4.34. The normalized spacial score (nSPS) is 11.1. The maximum absolute atomic E-state index is 14.0. The SMILES string of the molecule is Fc1c(Cl)cccc1-c1nnc2cncc(Cl)n12. The van der Waals surface area contributed by atoms with Crippen molar-refractivity contribution >= 4 is 28.8 Å². The van der Waals surface area contributed by atoms with Crippen molar-refractivity contribution in [3.05, 3.63) is 46.6 Å². The maximum atomic E-state index is 14.0.